The van der Waals surface area contributed by atoms with E-state index in [1.54, 1.807) is 24.4 Å². The molecule has 3 heterocycles. The van der Waals surface area contributed by atoms with Crippen molar-refractivity contribution in [2.24, 2.45) is 7.05 Å². The van der Waals surface area contributed by atoms with Crippen LogP contribution in [0.1, 0.15) is 25.3 Å². The number of pyridine rings is 1. The predicted octanol–water partition coefficient (Wildman–Crippen LogP) is 4.95. The lowest BCUT2D eigenvalue weighted by Gasteiger charge is -2.31. The van der Waals surface area contributed by atoms with Crippen molar-refractivity contribution in [3.63, 3.8) is 0 Å². The van der Waals surface area contributed by atoms with Crippen molar-refractivity contribution < 1.29 is 13.9 Å². The fourth-order valence-corrected chi connectivity index (χ4v) is 4.62. The van der Waals surface area contributed by atoms with E-state index in [2.05, 4.69) is 32.5 Å². The number of hydrogen-bond donors (Lipinski definition) is 2. The zero-order valence-electron chi connectivity index (χ0n) is 22.7. The number of anilines is 3. The lowest BCUT2D eigenvalue weighted by molar-refractivity contribution is -0.117. The van der Waals surface area contributed by atoms with Gasteiger partial charge in [0.2, 0.25) is 11.9 Å². The second kappa shape index (κ2) is 11.4. The molecule has 1 saturated heterocycles. The van der Waals surface area contributed by atoms with Crippen LogP contribution in [0.2, 0.25) is 0 Å². The Morgan fingerprint density at radius 3 is 2.56 bits per heavy atom. The van der Waals surface area contributed by atoms with Gasteiger partial charge in [-0.2, -0.15) is 0 Å². The van der Waals surface area contributed by atoms with Crippen LogP contribution in [0.3, 0.4) is 0 Å². The van der Waals surface area contributed by atoms with Gasteiger partial charge in [0.15, 0.2) is 0 Å². The molecule has 10 heteroatoms. The maximum Gasteiger partial charge on any atom is 0.239 e. The molecular formula is C29H34FN7O2. The zero-order valence-corrected chi connectivity index (χ0v) is 22.7. The Morgan fingerprint density at radius 1 is 1.03 bits per heavy atom. The topological polar surface area (TPSA) is 87.6 Å². The van der Waals surface area contributed by atoms with E-state index in [-0.39, 0.29) is 17.6 Å². The second-order valence-electron chi connectivity index (χ2n) is 10.3. The average Bonchev–Trinajstić information content (AvgIpc) is 3.20. The minimum atomic E-state index is -0.212. The summed E-state index contributed by atoms with van der Waals surface area (Å²) in [5, 5.41) is 6.17. The Kier molecular flexibility index (Phi) is 7.76. The molecule has 0 spiro atoms. The van der Waals surface area contributed by atoms with Crippen LogP contribution < -0.4 is 15.4 Å². The Hall–Kier alpha value is -4.02. The highest BCUT2D eigenvalue weighted by atomic mass is 19.1. The van der Waals surface area contributed by atoms with Crippen LogP contribution in [0.25, 0.3) is 11.0 Å². The third kappa shape index (κ3) is 6.35. The van der Waals surface area contributed by atoms with Crippen LogP contribution in [0.15, 0.2) is 54.7 Å². The molecule has 204 valence electrons. The standard InChI is InChI=1S/C29H34FN7O2/c1-19(2)23-15-20(5-7-24(23)30)32-29-33-25-16-21(6-8-26(25)36(29)4)39-22-9-10-31-27(17-22)34-28(38)18-37-13-11-35(3)12-14-37/h5-10,15-17,19H,11-14,18H2,1-4H3,(H,32,33)(H,31,34,38). The molecule has 2 aromatic carbocycles. The molecule has 39 heavy (non-hydrogen) atoms. The number of ether oxygens (including phenoxy) is 1. The molecule has 1 fully saturated rings. The number of amides is 1. The number of aryl methyl sites for hydroxylation is 1. The fourth-order valence-electron chi connectivity index (χ4n) is 4.62. The minimum Gasteiger partial charge on any atom is -0.457 e. The molecular weight excluding hydrogens is 497 g/mol. The van der Waals surface area contributed by atoms with E-state index in [0.29, 0.717) is 35.4 Å². The molecule has 2 N–H and O–H groups in total. The molecule has 0 saturated carbocycles. The molecule has 0 radical (unpaired) electrons. The van der Waals surface area contributed by atoms with E-state index < -0.39 is 0 Å². The quantitative estimate of drug-likeness (QED) is 0.333. The Balaban J connectivity index is 1.26. The minimum absolute atomic E-state index is 0.0749. The molecule has 0 aliphatic carbocycles. The largest absolute Gasteiger partial charge is 0.457 e. The number of carbonyl (C=O) groups is 1. The van der Waals surface area contributed by atoms with Crippen molar-refractivity contribution in [2.75, 3.05) is 50.4 Å². The molecule has 0 bridgehead atoms. The number of nitrogens with zero attached hydrogens (tertiary/aromatic N) is 5. The molecule has 0 unspecified atom stereocenters. The monoisotopic (exact) mass is 531 g/mol. The van der Waals surface area contributed by atoms with Crippen molar-refractivity contribution in [3.8, 4) is 11.5 Å². The molecule has 4 aromatic rings. The van der Waals surface area contributed by atoms with Gasteiger partial charge in [0.25, 0.3) is 0 Å². The van der Waals surface area contributed by atoms with Crippen LogP contribution >= 0.6 is 0 Å². The summed E-state index contributed by atoms with van der Waals surface area (Å²) in [6.07, 6.45) is 1.61. The predicted molar refractivity (Wildman–Crippen MR) is 151 cm³/mol. The van der Waals surface area contributed by atoms with Gasteiger partial charge in [0.05, 0.1) is 17.6 Å². The third-order valence-corrected chi connectivity index (χ3v) is 6.92. The highest BCUT2D eigenvalue weighted by Crippen LogP contribution is 2.30. The van der Waals surface area contributed by atoms with Crippen molar-refractivity contribution in [3.05, 3.63) is 66.1 Å². The van der Waals surface area contributed by atoms with Gasteiger partial charge in [0, 0.05) is 57.2 Å². The van der Waals surface area contributed by atoms with Crippen molar-refractivity contribution in [1.29, 1.82) is 0 Å². The van der Waals surface area contributed by atoms with Crippen LogP contribution in [-0.2, 0) is 11.8 Å². The number of likely N-dealkylation sites (N-methyl/N-ethyl adjacent to an activating group) is 1. The van der Waals surface area contributed by atoms with E-state index >= 15 is 0 Å². The van der Waals surface area contributed by atoms with Gasteiger partial charge in [-0.15, -0.1) is 0 Å². The number of fused-ring (bicyclic) bond motifs is 1. The molecule has 0 atom stereocenters. The third-order valence-electron chi connectivity index (χ3n) is 6.92. The van der Waals surface area contributed by atoms with Crippen molar-refractivity contribution in [1.82, 2.24) is 24.3 Å². The second-order valence-corrected chi connectivity index (χ2v) is 10.3. The summed E-state index contributed by atoms with van der Waals surface area (Å²) in [5.41, 5.74) is 3.09. The van der Waals surface area contributed by atoms with Gasteiger partial charge >= 0.3 is 0 Å². The van der Waals surface area contributed by atoms with Gasteiger partial charge in [0.1, 0.15) is 23.1 Å². The number of piperazine rings is 1. The number of benzene rings is 2. The van der Waals surface area contributed by atoms with Crippen LogP contribution in [-0.4, -0.2) is 70.0 Å². The zero-order chi connectivity index (χ0) is 27.5. The van der Waals surface area contributed by atoms with Gasteiger partial charge < -0.3 is 24.8 Å². The molecule has 1 amide bonds. The lowest BCUT2D eigenvalue weighted by Crippen LogP contribution is -2.47. The maximum atomic E-state index is 14.1. The number of halogens is 1. The number of carbonyl (C=O) groups excluding carboxylic acids is 1. The van der Waals surface area contributed by atoms with Crippen LogP contribution in [0.4, 0.5) is 21.8 Å². The van der Waals surface area contributed by atoms with Crippen LogP contribution in [0, 0.1) is 5.82 Å². The van der Waals surface area contributed by atoms with Crippen molar-refractivity contribution in [2.45, 2.75) is 19.8 Å². The van der Waals surface area contributed by atoms with E-state index in [9.17, 15) is 9.18 Å². The molecule has 2 aromatic heterocycles. The van der Waals surface area contributed by atoms with Gasteiger partial charge in [-0.3, -0.25) is 9.69 Å². The number of imidazole rings is 1. The van der Waals surface area contributed by atoms with E-state index in [1.807, 2.05) is 49.7 Å². The number of nitrogens with one attached hydrogen (secondary N) is 2. The van der Waals surface area contributed by atoms with E-state index in [0.717, 1.165) is 42.9 Å². The SMILES string of the molecule is CC(C)c1cc(Nc2nc3cc(Oc4ccnc(NC(=O)CN5CCN(C)CC5)c4)ccc3n2C)ccc1F. The number of rotatable bonds is 8. The van der Waals surface area contributed by atoms with Gasteiger partial charge in [-0.1, -0.05) is 13.8 Å². The van der Waals surface area contributed by atoms with Crippen molar-refractivity contribution >= 4 is 34.4 Å². The smallest absolute Gasteiger partial charge is 0.239 e. The molecule has 1 aliphatic heterocycles. The highest BCUT2D eigenvalue weighted by molar-refractivity contribution is 5.91. The normalized spacial score (nSPS) is 14.6. The first kappa shape index (κ1) is 26.6. The molecule has 1 aliphatic rings. The highest BCUT2D eigenvalue weighted by Gasteiger charge is 2.17. The maximum absolute atomic E-state index is 14.1. The number of aromatic nitrogens is 3. The average molecular weight is 532 g/mol. The summed E-state index contributed by atoms with van der Waals surface area (Å²) in [6.45, 7) is 7.92. The Morgan fingerprint density at radius 2 is 1.79 bits per heavy atom. The van der Waals surface area contributed by atoms with Crippen LogP contribution in [0.5, 0.6) is 11.5 Å². The summed E-state index contributed by atoms with van der Waals surface area (Å²) in [7, 11) is 4.01. The van der Waals surface area contributed by atoms with E-state index in [1.165, 1.54) is 6.07 Å². The summed E-state index contributed by atoms with van der Waals surface area (Å²) in [6, 6.07) is 14.1. The van der Waals surface area contributed by atoms with Gasteiger partial charge in [-0.25, -0.2) is 14.4 Å². The summed E-state index contributed by atoms with van der Waals surface area (Å²) >= 11 is 0. The van der Waals surface area contributed by atoms with E-state index in [4.69, 9.17) is 9.72 Å². The first-order chi connectivity index (χ1) is 18.7. The summed E-state index contributed by atoms with van der Waals surface area (Å²) in [5.74, 6) is 2.01. The fraction of sp³-hybridized carbons (Fsp3) is 0.345. The first-order valence-electron chi connectivity index (χ1n) is 13.1. The number of hydrogen-bond acceptors (Lipinski definition) is 7. The first-order valence-corrected chi connectivity index (χ1v) is 13.1. The lowest BCUT2D eigenvalue weighted by atomic mass is 10.0. The molecule has 5 rings (SSSR count). The summed E-state index contributed by atoms with van der Waals surface area (Å²) in [4.78, 5) is 25.9. The Bertz CT molecular complexity index is 1480. The van der Waals surface area contributed by atoms with Gasteiger partial charge in [-0.05, 0) is 54.9 Å². The summed E-state index contributed by atoms with van der Waals surface area (Å²) < 4.78 is 22.2. The molecule has 9 nitrogen and oxygen atoms in total. The Labute approximate surface area is 227 Å².